The van der Waals surface area contributed by atoms with Crippen LogP contribution in [0.1, 0.15) is 24.3 Å². The summed E-state index contributed by atoms with van der Waals surface area (Å²) in [5, 5.41) is 12.6. The normalized spacial score (nSPS) is 25.3. The second-order valence-electron chi connectivity index (χ2n) is 5.44. The molecular formula is C15H18N2O3. The van der Waals surface area contributed by atoms with Crippen molar-refractivity contribution < 1.29 is 14.7 Å². The molecular weight excluding hydrogens is 256 g/mol. The smallest absolute Gasteiger partial charge is 0.312 e. The highest BCUT2D eigenvalue weighted by Crippen LogP contribution is 2.37. The Hall–Kier alpha value is -1.88. The van der Waals surface area contributed by atoms with E-state index in [4.69, 9.17) is 0 Å². The van der Waals surface area contributed by atoms with Crippen LogP contribution in [0.4, 0.5) is 5.69 Å². The zero-order valence-electron chi connectivity index (χ0n) is 11.2. The highest BCUT2D eigenvalue weighted by Gasteiger charge is 2.38. The van der Waals surface area contributed by atoms with Gasteiger partial charge < -0.3 is 15.3 Å². The number of nitrogens with one attached hydrogen (secondary N) is 1. The molecule has 2 heterocycles. The van der Waals surface area contributed by atoms with E-state index >= 15 is 0 Å². The zero-order chi connectivity index (χ0) is 14.1. The molecule has 0 saturated carbocycles. The molecule has 0 bridgehead atoms. The number of rotatable bonds is 2. The van der Waals surface area contributed by atoms with Crippen molar-refractivity contribution in [2.45, 2.75) is 18.8 Å². The molecule has 1 fully saturated rings. The number of fused-ring (bicyclic) bond motifs is 1. The van der Waals surface area contributed by atoms with Crippen LogP contribution in [0.3, 0.4) is 0 Å². The van der Waals surface area contributed by atoms with Crippen molar-refractivity contribution >= 4 is 17.6 Å². The fraction of sp³-hybridized carbons (Fsp3) is 0.467. The Bertz CT molecular complexity index is 538. The van der Waals surface area contributed by atoms with Crippen molar-refractivity contribution in [2.75, 3.05) is 24.5 Å². The number of hydrogen-bond donors (Lipinski definition) is 2. The number of hydrogen-bond acceptors (Lipinski definition) is 3. The van der Waals surface area contributed by atoms with Crippen molar-refractivity contribution in [3.8, 4) is 0 Å². The molecule has 1 aromatic rings. The monoisotopic (exact) mass is 274 g/mol. The number of carbonyl (C=O) groups excluding carboxylic acids is 1. The van der Waals surface area contributed by atoms with Gasteiger partial charge in [-0.25, -0.2) is 0 Å². The zero-order valence-corrected chi connectivity index (χ0v) is 11.2. The van der Waals surface area contributed by atoms with Gasteiger partial charge in [0.15, 0.2) is 0 Å². The summed E-state index contributed by atoms with van der Waals surface area (Å²) < 4.78 is 0. The molecule has 3 rings (SSSR count). The molecule has 0 aliphatic carbocycles. The molecule has 1 amide bonds. The van der Waals surface area contributed by atoms with E-state index in [2.05, 4.69) is 5.32 Å². The highest BCUT2D eigenvalue weighted by atomic mass is 16.4. The van der Waals surface area contributed by atoms with E-state index in [1.807, 2.05) is 18.2 Å². The maximum atomic E-state index is 12.6. The van der Waals surface area contributed by atoms with Gasteiger partial charge in [-0.05, 0) is 31.0 Å². The molecule has 0 aromatic heterocycles. The van der Waals surface area contributed by atoms with E-state index in [1.165, 1.54) is 0 Å². The number of carboxylic acid groups (broad SMARTS) is 1. The first-order valence-corrected chi connectivity index (χ1v) is 7.02. The lowest BCUT2D eigenvalue weighted by molar-refractivity contribution is -0.138. The van der Waals surface area contributed by atoms with E-state index in [9.17, 15) is 14.7 Å². The molecule has 0 spiro atoms. The van der Waals surface area contributed by atoms with E-state index in [-0.39, 0.29) is 18.4 Å². The van der Waals surface area contributed by atoms with Crippen molar-refractivity contribution in [3.63, 3.8) is 0 Å². The first kappa shape index (κ1) is 13.1. The minimum Gasteiger partial charge on any atom is -0.481 e. The summed E-state index contributed by atoms with van der Waals surface area (Å²) in [6, 6.07) is 7.32. The van der Waals surface area contributed by atoms with E-state index < -0.39 is 11.9 Å². The molecule has 1 unspecified atom stereocenters. The second-order valence-corrected chi connectivity index (χ2v) is 5.44. The van der Waals surface area contributed by atoms with Gasteiger partial charge in [0.05, 0.1) is 5.92 Å². The van der Waals surface area contributed by atoms with E-state index in [1.54, 1.807) is 11.0 Å². The number of anilines is 1. The summed E-state index contributed by atoms with van der Waals surface area (Å²) in [4.78, 5) is 25.6. The Morgan fingerprint density at radius 1 is 1.30 bits per heavy atom. The molecule has 2 N–H and O–H groups in total. The molecule has 5 heteroatoms. The van der Waals surface area contributed by atoms with E-state index in [0.29, 0.717) is 6.54 Å². The SMILES string of the molecule is O=C(O)C1CN(C(=O)[C@@H]2CCCNC2)c2ccccc21. The molecule has 1 aromatic carbocycles. The lowest BCUT2D eigenvalue weighted by Crippen LogP contribution is -2.43. The second kappa shape index (κ2) is 5.25. The van der Waals surface area contributed by atoms with Gasteiger partial charge in [-0.3, -0.25) is 9.59 Å². The summed E-state index contributed by atoms with van der Waals surface area (Å²) in [7, 11) is 0. The van der Waals surface area contributed by atoms with Crippen LogP contribution in [-0.4, -0.2) is 36.6 Å². The lowest BCUT2D eigenvalue weighted by atomic mass is 9.98. The molecule has 1 saturated heterocycles. The number of para-hydroxylation sites is 1. The van der Waals surface area contributed by atoms with E-state index in [0.717, 1.165) is 30.6 Å². The minimum atomic E-state index is -0.866. The number of nitrogens with zero attached hydrogens (tertiary/aromatic N) is 1. The summed E-state index contributed by atoms with van der Waals surface area (Å²) in [6.07, 6.45) is 1.87. The van der Waals surface area contributed by atoms with Crippen LogP contribution in [-0.2, 0) is 9.59 Å². The Morgan fingerprint density at radius 3 is 2.80 bits per heavy atom. The van der Waals surface area contributed by atoms with Gasteiger partial charge in [0.2, 0.25) is 5.91 Å². The third-order valence-corrected chi connectivity index (χ3v) is 4.18. The van der Waals surface area contributed by atoms with Crippen LogP contribution in [0.2, 0.25) is 0 Å². The molecule has 2 atom stereocenters. The van der Waals surface area contributed by atoms with Gasteiger partial charge in [0, 0.05) is 18.8 Å². The van der Waals surface area contributed by atoms with Crippen molar-refractivity contribution in [2.24, 2.45) is 5.92 Å². The maximum absolute atomic E-state index is 12.6. The lowest BCUT2D eigenvalue weighted by Gasteiger charge is -2.27. The molecule has 2 aliphatic heterocycles. The Morgan fingerprint density at radius 2 is 2.10 bits per heavy atom. The average Bonchev–Trinajstić information content (AvgIpc) is 2.87. The van der Waals surface area contributed by atoms with Gasteiger partial charge in [-0.15, -0.1) is 0 Å². The van der Waals surface area contributed by atoms with Crippen LogP contribution in [0.15, 0.2) is 24.3 Å². The van der Waals surface area contributed by atoms with Gasteiger partial charge in [0.1, 0.15) is 5.92 Å². The molecule has 20 heavy (non-hydrogen) atoms. The van der Waals surface area contributed by atoms with Gasteiger partial charge in [-0.2, -0.15) is 0 Å². The third kappa shape index (κ3) is 2.18. The van der Waals surface area contributed by atoms with Crippen LogP contribution >= 0.6 is 0 Å². The first-order chi connectivity index (χ1) is 9.68. The summed E-state index contributed by atoms with van der Waals surface area (Å²) in [6.45, 7) is 1.90. The van der Waals surface area contributed by atoms with Gasteiger partial charge in [0.25, 0.3) is 0 Å². The third-order valence-electron chi connectivity index (χ3n) is 4.18. The number of carbonyl (C=O) groups is 2. The quantitative estimate of drug-likeness (QED) is 0.850. The fourth-order valence-corrected chi connectivity index (χ4v) is 3.11. The Labute approximate surface area is 117 Å². The fourth-order valence-electron chi connectivity index (χ4n) is 3.11. The molecule has 0 radical (unpaired) electrons. The largest absolute Gasteiger partial charge is 0.481 e. The van der Waals surface area contributed by atoms with Crippen LogP contribution in [0, 0.1) is 5.92 Å². The van der Waals surface area contributed by atoms with Crippen molar-refractivity contribution in [3.05, 3.63) is 29.8 Å². The molecule has 2 aliphatic rings. The Kier molecular flexibility index (Phi) is 3.44. The highest BCUT2D eigenvalue weighted by molar-refractivity contribution is 6.00. The number of piperidine rings is 1. The van der Waals surface area contributed by atoms with Crippen LogP contribution in [0.5, 0.6) is 0 Å². The van der Waals surface area contributed by atoms with Crippen molar-refractivity contribution in [1.29, 1.82) is 0 Å². The summed E-state index contributed by atoms with van der Waals surface area (Å²) in [5.74, 6) is -1.46. The minimum absolute atomic E-state index is 0.0376. The predicted molar refractivity (Wildman–Crippen MR) is 74.8 cm³/mol. The number of benzene rings is 1. The average molecular weight is 274 g/mol. The topological polar surface area (TPSA) is 69.6 Å². The summed E-state index contributed by atoms with van der Waals surface area (Å²) >= 11 is 0. The van der Waals surface area contributed by atoms with Crippen molar-refractivity contribution in [1.82, 2.24) is 5.32 Å². The van der Waals surface area contributed by atoms with Gasteiger partial charge in [-0.1, -0.05) is 18.2 Å². The molecule has 5 nitrogen and oxygen atoms in total. The predicted octanol–water partition coefficient (Wildman–Crippen LogP) is 1.20. The number of amides is 1. The standard InChI is InChI=1S/C15H18N2O3/c18-14(10-4-3-7-16-8-10)17-9-12(15(19)20)11-5-1-2-6-13(11)17/h1-2,5-6,10,12,16H,3-4,7-9H2,(H,19,20)/t10-,12?/m1/s1. The number of aliphatic carboxylic acids is 1. The van der Waals surface area contributed by atoms with Crippen LogP contribution in [0.25, 0.3) is 0 Å². The molecule has 106 valence electrons. The van der Waals surface area contributed by atoms with Gasteiger partial charge >= 0.3 is 5.97 Å². The maximum Gasteiger partial charge on any atom is 0.312 e. The summed E-state index contributed by atoms with van der Waals surface area (Å²) in [5.41, 5.74) is 1.51. The first-order valence-electron chi connectivity index (χ1n) is 7.02. The number of carboxylic acids is 1. The Balaban J connectivity index is 1.87. The van der Waals surface area contributed by atoms with Crippen LogP contribution < -0.4 is 10.2 Å².